The largest absolute Gasteiger partial charge is 0.497 e. The molecule has 2 aromatic carbocycles. The van der Waals surface area contributed by atoms with Crippen molar-refractivity contribution in [2.24, 2.45) is 29.1 Å². The van der Waals surface area contributed by atoms with Gasteiger partial charge >= 0.3 is 5.97 Å². The van der Waals surface area contributed by atoms with Crippen LogP contribution in [-0.4, -0.2) is 48.8 Å². The maximum absolute atomic E-state index is 13.7. The number of hydrogen-bond acceptors (Lipinski definition) is 6. The zero-order valence-electron chi connectivity index (χ0n) is 27.2. The van der Waals surface area contributed by atoms with Crippen molar-refractivity contribution in [1.29, 1.82) is 0 Å². The van der Waals surface area contributed by atoms with Crippen LogP contribution in [0.1, 0.15) is 68.4 Å². The van der Waals surface area contributed by atoms with E-state index in [0.29, 0.717) is 47.9 Å². The second-order valence-corrected chi connectivity index (χ2v) is 14.0. The maximum Gasteiger partial charge on any atom is 0.307 e. The zero-order chi connectivity index (χ0) is 32.1. The Morgan fingerprint density at radius 2 is 1.87 bits per heavy atom. The lowest BCUT2D eigenvalue weighted by molar-refractivity contribution is -0.142. The Kier molecular flexibility index (Phi) is 10.0. The molecule has 0 spiro atoms. The van der Waals surface area contributed by atoms with Crippen LogP contribution >= 0.6 is 0 Å². The average Bonchev–Trinajstić information content (AvgIpc) is 3.85. The Labute approximate surface area is 267 Å². The van der Waals surface area contributed by atoms with E-state index in [0.717, 1.165) is 61.3 Å². The predicted octanol–water partition coefficient (Wildman–Crippen LogP) is 7.13. The molecule has 0 radical (unpaired) electrons. The highest BCUT2D eigenvalue weighted by molar-refractivity contribution is 6.08. The van der Waals surface area contributed by atoms with Crippen molar-refractivity contribution in [1.82, 2.24) is 4.98 Å². The summed E-state index contributed by atoms with van der Waals surface area (Å²) in [5, 5.41) is 12.7. The van der Waals surface area contributed by atoms with E-state index in [1.54, 1.807) is 13.3 Å². The molecule has 2 N–H and O–H groups in total. The van der Waals surface area contributed by atoms with Gasteiger partial charge in [0.2, 0.25) is 0 Å². The second kappa shape index (κ2) is 13.9. The number of aromatic nitrogens is 1. The number of methoxy groups -OCH3 is 1. The summed E-state index contributed by atoms with van der Waals surface area (Å²) < 4.78 is 11.8. The Bertz CT molecular complexity index is 1500. The predicted molar refractivity (Wildman–Crippen MR) is 177 cm³/mol. The third-order valence-electron chi connectivity index (χ3n) is 9.04. The highest BCUT2D eigenvalue weighted by Gasteiger charge is 2.36. The van der Waals surface area contributed by atoms with Crippen LogP contribution in [0.4, 0.5) is 11.5 Å². The lowest BCUT2D eigenvalue weighted by Gasteiger charge is -2.39. The number of amides is 1. The van der Waals surface area contributed by atoms with E-state index in [9.17, 15) is 14.7 Å². The minimum atomic E-state index is -0.705. The van der Waals surface area contributed by atoms with E-state index in [1.165, 1.54) is 0 Å². The molecule has 0 unspecified atom stereocenters. The molecule has 1 aromatic heterocycles. The first-order valence-electron chi connectivity index (χ1n) is 16.1. The molecule has 2 fully saturated rings. The minimum Gasteiger partial charge on any atom is -0.497 e. The lowest BCUT2D eigenvalue weighted by Crippen LogP contribution is -2.42. The summed E-state index contributed by atoms with van der Waals surface area (Å²) in [7, 11) is 1.64. The number of pyridine rings is 1. The van der Waals surface area contributed by atoms with E-state index >= 15 is 0 Å². The molecule has 2 heterocycles. The van der Waals surface area contributed by atoms with E-state index in [-0.39, 0.29) is 17.2 Å². The monoisotopic (exact) mass is 613 g/mol. The van der Waals surface area contributed by atoms with Crippen molar-refractivity contribution in [2.45, 2.75) is 59.8 Å². The molecule has 1 aliphatic carbocycles. The van der Waals surface area contributed by atoms with Gasteiger partial charge in [-0.3, -0.25) is 9.59 Å². The summed E-state index contributed by atoms with van der Waals surface area (Å²) in [6.45, 7) is 10.9. The highest BCUT2D eigenvalue weighted by atomic mass is 16.5. The summed E-state index contributed by atoms with van der Waals surface area (Å²) in [5.41, 5.74) is 3.52. The van der Waals surface area contributed by atoms with Gasteiger partial charge in [0, 0.05) is 25.4 Å². The molecular weight excluding hydrogens is 566 g/mol. The first-order chi connectivity index (χ1) is 21.5. The van der Waals surface area contributed by atoms with Gasteiger partial charge in [0.05, 0.1) is 30.9 Å². The quantitative estimate of drug-likeness (QED) is 0.224. The fraction of sp³-hybridized carbons (Fsp3) is 0.486. The van der Waals surface area contributed by atoms with Crippen LogP contribution in [-0.2, 0) is 17.6 Å². The van der Waals surface area contributed by atoms with Crippen LogP contribution in [0.5, 0.6) is 11.5 Å². The third kappa shape index (κ3) is 8.56. The number of rotatable bonds is 12. The molecule has 8 heteroatoms. The molecule has 45 heavy (non-hydrogen) atoms. The Hall–Kier alpha value is -4.07. The molecule has 1 saturated carbocycles. The molecule has 1 saturated heterocycles. The molecule has 3 aromatic rings. The van der Waals surface area contributed by atoms with E-state index in [4.69, 9.17) is 9.47 Å². The number of carboxylic acids is 1. The van der Waals surface area contributed by atoms with Crippen LogP contribution in [0, 0.1) is 29.1 Å². The van der Waals surface area contributed by atoms with Gasteiger partial charge in [-0.05, 0) is 96.7 Å². The van der Waals surface area contributed by atoms with Crippen LogP contribution in [0.3, 0.4) is 0 Å². The maximum atomic E-state index is 13.7. The number of nitrogens with zero attached hydrogens (tertiary/aromatic N) is 2. The number of piperidine rings is 1. The number of nitrogens with one attached hydrogen (secondary N) is 1. The summed E-state index contributed by atoms with van der Waals surface area (Å²) in [4.78, 5) is 32.2. The molecule has 1 amide bonds. The second-order valence-electron chi connectivity index (χ2n) is 14.0. The highest BCUT2D eigenvalue weighted by Crippen LogP contribution is 2.39. The number of hydrogen-bond donors (Lipinski definition) is 2. The van der Waals surface area contributed by atoms with Crippen LogP contribution in [0.25, 0.3) is 0 Å². The molecule has 8 nitrogen and oxygen atoms in total. The van der Waals surface area contributed by atoms with Gasteiger partial charge in [-0.1, -0.05) is 45.9 Å². The van der Waals surface area contributed by atoms with Gasteiger partial charge in [-0.25, -0.2) is 4.98 Å². The average molecular weight is 614 g/mol. The number of carbonyl (C=O) groups excluding carboxylic acids is 1. The van der Waals surface area contributed by atoms with E-state index in [2.05, 4.69) is 42.9 Å². The standard InChI is InChI=1S/C37H47N3O5/c1-24-22-40(17-15-28(24)23-45-30-10-6-8-25(18-30)19-32(36(42)43)26-11-12-26)33-20-29(44-5)13-14-31(33)35(41)39-34-27(9-7-16-38-34)21-37(2,3)4/h6-10,13-14,16,18,20,24,26,28,32H,11-12,15,17,19,21-23H2,1-5H3,(H,42,43)(H,38,39,41)/t24-,28-,32+/m1/s1. The lowest BCUT2D eigenvalue weighted by atomic mass is 9.87. The summed E-state index contributed by atoms with van der Waals surface area (Å²) in [5.74, 6) is 1.85. The van der Waals surface area contributed by atoms with Gasteiger partial charge in [0.25, 0.3) is 5.91 Å². The van der Waals surface area contributed by atoms with Gasteiger partial charge < -0.3 is 24.8 Å². The fourth-order valence-corrected chi connectivity index (χ4v) is 6.37. The van der Waals surface area contributed by atoms with Crippen LogP contribution < -0.4 is 19.7 Å². The van der Waals surface area contributed by atoms with Crippen molar-refractivity contribution in [3.8, 4) is 11.5 Å². The van der Waals surface area contributed by atoms with Crippen molar-refractivity contribution < 1.29 is 24.2 Å². The Morgan fingerprint density at radius 1 is 1.07 bits per heavy atom. The molecule has 2 aliphatic rings. The van der Waals surface area contributed by atoms with Gasteiger partial charge in [-0.15, -0.1) is 0 Å². The van der Waals surface area contributed by atoms with Crippen molar-refractivity contribution in [2.75, 3.05) is 37.0 Å². The number of benzene rings is 2. The number of carboxylic acid groups (broad SMARTS) is 1. The van der Waals surface area contributed by atoms with Crippen molar-refractivity contribution in [3.63, 3.8) is 0 Å². The number of carbonyl (C=O) groups is 2. The first kappa shape index (κ1) is 32.3. The number of ether oxygens (including phenoxy) is 2. The van der Waals surface area contributed by atoms with Gasteiger partial charge in [0.1, 0.15) is 17.3 Å². The van der Waals surface area contributed by atoms with E-state index in [1.807, 2.05) is 54.6 Å². The zero-order valence-corrected chi connectivity index (χ0v) is 27.2. The molecule has 1 aliphatic heterocycles. The SMILES string of the molecule is COc1ccc(C(=O)Nc2ncccc2CC(C)(C)C)c(N2CC[C@H](COc3cccc(C[C@H](C(=O)O)C4CC4)c3)[C@H](C)C2)c1. The van der Waals surface area contributed by atoms with Gasteiger partial charge in [-0.2, -0.15) is 0 Å². The smallest absolute Gasteiger partial charge is 0.307 e. The topological polar surface area (TPSA) is 101 Å². The molecule has 240 valence electrons. The summed E-state index contributed by atoms with van der Waals surface area (Å²) >= 11 is 0. The number of aliphatic carboxylic acids is 1. The third-order valence-corrected chi connectivity index (χ3v) is 9.04. The Balaban J connectivity index is 1.24. The normalized spacial score (nSPS) is 19.1. The van der Waals surface area contributed by atoms with Crippen molar-refractivity contribution in [3.05, 3.63) is 77.5 Å². The Morgan fingerprint density at radius 3 is 2.56 bits per heavy atom. The molecule has 0 bridgehead atoms. The van der Waals surface area contributed by atoms with Crippen LogP contribution in [0.15, 0.2) is 60.8 Å². The molecule has 3 atom stereocenters. The summed E-state index contributed by atoms with van der Waals surface area (Å²) in [6, 6.07) is 17.4. The minimum absolute atomic E-state index is 0.0558. The first-order valence-corrected chi connectivity index (χ1v) is 16.1. The number of anilines is 2. The van der Waals surface area contributed by atoms with E-state index < -0.39 is 5.97 Å². The van der Waals surface area contributed by atoms with Crippen molar-refractivity contribution >= 4 is 23.4 Å². The van der Waals surface area contributed by atoms with Crippen LogP contribution in [0.2, 0.25) is 0 Å². The fourth-order valence-electron chi connectivity index (χ4n) is 6.37. The molecule has 5 rings (SSSR count). The molecular formula is C37H47N3O5. The summed E-state index contributed by atoms with van der Waals surface area (Å²) in [6.07, 6.45) is 5.98. The van der Waals surface area contributed by atoms with Gasteiger partial charge in [0.15, 0.2) is 0 Å².